The van der Waals surface area contributed by atoms with E-state index in [1.54, 1.807) is 24.3 Å². The highest BCUT2D eigenvalue weighted by Gasteiger charge is 2.02. The molecule has 0 saturated heterocycles. The van der Waals surface area contributed by atoms with Gasteiger partial charge in [-0.05, 0) is 47.9 Å². The zero-order valence-electron chi connectivity index (χ0n) is 14.2. The van der Waals surface area contributed by atoms with Gasteiger partial charge in [0.05, 0.1) is 7.11 Å². The first kappa shape index (κ1) is 18.9. The maximum atomic E-state index is 11.8. The topological polar surface area (TPSA) is 108 Å². The number of ether oxygens (including phenoxy) is 1. The predicted octanol–water partition coefficient (Wildman–Crippen LogP) is 2.65. The molecule has 0 atom stereocenters. The van der Waals surface area contributed by atoms with Gasteiger partial charge in [0.2, 0.25) is 5.91 Å². The lowest BCUT2D eigenvalue weighted by molar-refractivity contribution is -0.116. The summed E-state index contributed by atoms with van der Waals surface area (Å²) in [6, 6.07) is 11.5. The minimum atomic E-state index is -0.529. The number of rotatable bonds is 6. The van der Waals surface area contributed by atoms with Crippen LogP contribution in [-0.4, -0.2) is 35.9 Å². The zero-order valence-corrected chi connectivity index (χ0v) is 14.2. The Morgan fingerprint density at radius 1 is 1.08 bits per heavy atom. The second kappa shape index (κ2) is 9.12. The largest absolute Gasteiger partial charge is 0.504 e. The van der Waals surface area contributed by atoms with Crippen LogP contribution in [0.2, 0.25) is 0 Å². The number of aromatic hydroxyl groups is 2. The van der Waals surface area contributed by atoms with E-state index in [4.69, 9.17) is 0 Å². The number of amides is 2. The standard InChI is InChI=1S/C19H20N2O5/c1-26-19(25)21-15-6-2-13(3-7-15)10-11-20-18(24)9-5-14-4-8-16(22)17(23)12-14/h2-9,12,22-23H,10-11H2,1H3,(H,20,24)(H,21,25)/b9-5+. The molecule has 0 radical (unpaired) electrons. The SMILES string of the molecule is COC(=O)Nc1ccc(CCNC(=O)/C=C/c2ccc(O)c(O)c2)cc1. The van der Waals surface area contributed by atoms with Gasteiger partial charge in [0.1, 0.15) is 0 Å². The Morgan fingerprint density at radius 2 is 1.81 bits per heavy atom. The molecule has 2 rings (SSSR count). The monoisotopic (exact) mass is 356 g/mol. The molecule has 7 heteroatoms. The first-order chi connectivity index (χ1) is 12.5. The Balaban J connectivity index is 1.78. The van der Waals surface area contributed by atoms with E-state index < -0.39 is 6.09 Å². The van der Waals surface area contributed by atoms with Crippen molar-refractivity contribution in [3.63, 3.8) is 0 Å². The highest BCUT2D eigenvalue weighted by molar-refractivity contribution is 5.91. The van der Waals surface area contributed by atoms with Crippen LogP contribution < -0.4 is 10.6 Å². The van der Waals surface area contributed by atoms with Gasteiger partial charge in [-0.1, -0.05) is 18.2 Å². The Labute approximate surface area is 150 Å². The average Bonchev–Trinajstić information content (AvgIpc) is 2.64. The fourth-order valence-electron chi connectivity index (χ4n) is 2.13. The van der Waals surface area contributed by atoms with Crippen molar-refractivity contribution in [2.45, 2.75) is 6.42 Å². The lowest BCUT2D eigenvalue weighted by Crippen LogP contribution is -2.23. The third-order valence-electron chi connectivity index (χ3n) is 3.53. The summed E-state index contributed by atoms with van der Waals surface area (Å²) < 4.78 is 4.51. The summed E-state index contributed by atoms with van der Waals surface area (Å²) >= 11 is 0. The second-order valence-electron chi connectivity index (χ2n) is 5.44. The van der Waals surface area contributed by atoms with Crippen molar-refractivity contribution >= 4 is 23.8 Å². The summed E-state index contributed by atoms with van der Waals surface area (Å²) in [5, 5.41) is 24.0. The van der Waals surface area contributed by atoms with E-state index in [1.807, 2.05) is 12.1 Å². The van der Waals surface area contributed by atoms with Crippen molar-refractivity contribution in [3.05, 3.63) is 59.7 Å². The zero-order chi connectivity index (χ0) is 18.9. The lowest BCUT2D eigenvalue weighted by Gasteiger charge is -2.06. The van der Waals surface area contributed by atoms with Crippen molar-refractivity contribution in [3.8, 4) is 11.5 Å². The number of hydrogen-bond acceptors (Lipinski definition) is 5. The fourth-order valence-corrected chi connectivity index (χ4v) is 2.13. The number of carbonyl (C=O) groups excluding carboxylic acids is 2. The van der Waals surface area contributed by atoms with Crippen LogP contribution in [0, 0.1) is 0 Å². The highest BCUT2D eigenvalue weighted by atomic mass is 16.5. The number of phenols is 2. The molecule has 2 aromatic rings. The van der Waals surface area contributed by atoms with Gasteiger partial charge >= 0.3 is 6.09 Å². The Hall–Kier alpha value is -3.48. The summed E-state index contributed by atoms with van der Waals surface area (Å²) in [5.41, 5.74) is 2.24. The molecule has 0 saturated carbocycles. The van der Waals surface area contributed by atoms with Crippen LogP contribution in [0.3, 0.4) is 0 Å². The molecule has 0 fully saturated rings. The molecule has 0 aliphatic carbocycles. The van der Waals surface area contributed by atoms with E-state index in [-0.39, 0.29) is 17.4 Å². The minimum absolute atomic E-state index is 0.209. The second-order valence-corrected chi connectivity index (χ2v) is 5.44. The predicted molar refractivity (Wildman–Crippen MR) is 98.0 cm³/mol. The van der Waals surface area contributed by atoms with Gasteiger partial charge in [-0.2, -0.15) is 0 Å². The Kier molecular flexibility index (Phi) is 6.61. The van der Waals surface area contributed by atoms with Crippen LogP contribution in [-0.2, 0) is 16.0 Å². The molecular formula is C19H20N2O5. The highest BCUT2D eigenvalue weighted by Crippen LogP contribution is 2.25. The molecule has 7 nitrogen and oxygen atoms in total. The Bertz CT molecular complexity index is 800. The molecule has 0 heterocycles. The maximum absolute atomic E-state index is 11.8. The maximum Gasteiger partial charge on any atom is 0.411 e. The van der Waals surface area contributed by atoms with Gasteiger partial charge in [0, 0.05) is 18.3 Å². The molecular weight excluding hydrogens is 336 g/mol. The van der Waals surface area contributed by atoms with Crippen LogP contribution >= 0.6 is 0 Å². The molecule has 136 valence electrons. The van der Waals surface area contributed by atoms with Crippen molar-refractivity contribution in [1.82, 2.24) is 5.32 Å². The van der Waals surface area contributed by atoms with E-state index >= 15 is 0 Å². The number of benzene rings is 2. The van der Waals surface area contributed by atoms with Gasteiger partial charge in [0.25, 0.3) is 0 Å². The third kappa shape index (κ3) is 5.86. The third-order valence-corrected chi connectivity index (χ3v) is 3.53. The first-order valence-corrected chi connectivity index (χ1v) is 7.90. The first-order valence-electron chi connectivity index (χ1n) is 7.90. The van der Waals surface area contributed by atoms with Crippen LogP contribution in [0.25, 0.3) is 6.08 Å². The number of carbonyl (C=O) groups is 2. The van der Waals surface area contributed by atoms with Crippen molar-refractivity contribution in [2.24, 2.45) is 0 Å². The molecule has 2 amide bonds. The molecule has 2 aromatic carbocycles. The summed E-state index contributed by atoms with van der Waals surface area (Å²) in [6.07, 6.45) is 3.01. The molecule has 0 bridgehead atoms. The number of nitrogens with one attached hydrogen (secondary N) is 2. The van der Waals surface area contributed by atoms with Crippen LogP contribution in [0.1, 0.15) is 11.1 Å². The van der Waals surface area contributed by atoms with Gasteiger partial charge in [-0.15, -0.1) is 0 Å². The molecule has 0 unspecified atom stereocenters. The van der Waals surface area contributed by atoms with E-state index in [1.165, 1.54) is 25.3 Å². The summed E-state index contributed by atoms with van der Waals surface area (Å²) in [4.78, 5) is 22.9. The molecule has 4 N–H and O–H groups in total. The summed E-state index contributed by atoms with van der Waals surface area (Å²) in [7, 11) is 1.30. The molecule has 0 aliphatic heterocycles. The van der Waals surface area contributed by atoms with Crippen LogP contribution in [0.15, 0.2) is 48.5 Å². The Morgan fingerprint density at radius 3 is 2.46 bits per heavy atom. The quantitative estimate of drug-likeness (QED) is 0.470. The van der Waals surface area contributed by atoms with Gasteiger partial charge in [0.15, 0.2) is 11.5 Å². The summed E-state index contributed by atoms with van der Waals surface area (Å²) in [6.45, 7) is 0.452. The fraction of sp³-hybridized carbons (Fsp3) is 0.158. The molecule has 26 heavy (non-hydrogen) atoms. The van der Waals surface area contributed by atoms with E-state index in [0.717, 1.165) is 5.56 Å². The molecule has 0 spiro atoms. The average molecular weight is 356 g/mol. The number of phenolic OH excluding ortho intramolecular Hbond substituents is 2. The number of hydrogen-bond donors (Lipinski definition) is 4. The summed E-state index contributed by atoms with van der Waals surface area (Å²) in [5.74, 6) is -0.710. The van der Waals surface area contributed by atoms with Crippen LogP contribution in [0.5, 0.6) is 11.5 Å². The van der Waals surface area contributed by atoms with Gasteiger partial charge in [-0.25, -0.2) is 4.79 Å². The lowest BCUT2D eigenvalue weighted by atomic mass is 10.1. The van der Waals surface area contributed by atoms with E-state index in [9.17, 15) is 19.8 Å². The van der Waals surface area contributed by atoms with Gasteiger partial charge in [-0.3, -0.25) is 10.1 Å². The van der Waals surface area contributed by atoms with Crippen molar-refractivity contribution < 1.29 is 24.5 Å². The molecule has 0 aliphatic rings. The molecule has 0 aromatic heterocycles. The van der Waals surface area contributed by atoms with Crippen molar-refractivity contribution in [2.75, 3.05) is 19.0 Å². The number of methoxy groups -OCH3 is 1. The van der Waals surface area contributed by atoms with Crippen LogP contribution in [0.4, 0.5) is 10.5 Å². The normalized spacial score (nSPS) is 10.5. The van der Waals surface area contributed by atoms with E-state index in [2.05, 4.69) is 15.4 Å². The van der Waals surface area contributed by atoms with Gasteiger partial charge < -0.3 is 20.3 Å². The van der Waals surface area contributed by atoms with E-state index in [0.29, 0.717) is 24.2 Å². The van der Waals surface area contributed by atoms with Crippen molar-refractivity contribution in [1.29, 1.82) is 0 Å². The smallest absolute Gasteiger partial charge is 0.411 e. The number of anilines is 1. The minimum Gasteiger partial charge on any atom is -0.504 e.